The number of benzene rings is 1. The molecule has 0 atom stereocenters. The van der Waals surface area contributed by atoms with E-state index in [-0.39, 0.29) is 11.2 Å². The van der Waals surface area contributed by atoms with Gasteiger partial charge in [-0.05, 0) is 29.5 Å². The van der Waals surface area contributed by atoms with Crippen LogP contribution >= 0.6 is 11.6 Å². The number of hydrogen-bond donors (Lipinski definition) is 1. The summed E-state index contributed by atoms with van der Waals surface area (Å²) in [5, 5.41) is 9.90. The zero-order valence-corrected chi connectivity index (χ0v) is 9.24. The maximum atomic E-state index is 9.46. The SMILES string of the molecule is Cc1cc(C(C)(C)C)cc(Cl)c1O. The van der Waals surface area contributed by atoms with Crippen molar-refractivity contribution in [3.8, 4) is 5.75 Å². The van der Waals surface area contributed by atoms with E-state index in [1.165, 1.54) is 0 Å². The number of aromatic hydroxyl groups is 1. The van der Waals surface area contributed by atoms with E-state index in [9.17, 15) is 5.11 Å². The lowest BCUT2D eigenvalue weighted by Gasteiger charge is -2.20. The summed E-state index contributed by atoms with van der Waals surface area (Å²) in [6.45, 7) is 8.22. The Bertz CT molecular complexity index is 300. The molecule has 0 bridgehead atoms. The number of hydrogen-bond acceptors (Lipinski definition) is 1. The number of rotatable bonds is 0. The van der Waals surface area contributed by atoms with Crippen molar-refractivity contribution in [2.45, 2.75) is 33.1 Å². The van der Waals surface area contributed by atoms with Crippen LogP contribution in [0.5, 0.6) is 5.75 Å². The Hall–Kier alpha value is -0.690. The summed E-state index contributed by atoms with van der Waals surface area (Å²) in [6.07, 6.45) is 0. The zero-order valence-electron chi connectivity index (χ0n) is 8.48. The lowest BCUT2D eigenvalue weighted by Crippen LogP contribution is -2.11. The van der Waals surface area contributed by atoms with E-state index >= 15 is 0 Å². The summed E-state index contributed by atoms with van der Waals surface area (Å²) in [5.41, 5.74) is 2.05. The van der Waals surface area contributed by atoms with Crippen LogP contribution in [-0.2, 0) is 5.41 Å². The van der Waals surface area contributed by atoms with Crippen molar-refractivity contribution >= 4 is 11.6 Å². The minimum absolute atomic E-state index is 0.0715. The molecule has 0 fully saturated rings. The Morgan fingerprint density at radius 2 is 1.77 bits per heavy atom. The third-order valence-corrected chi connectivity index (χ3v) is 2.41. The molecule has 1 aromatic carbocycles. The molecule has 1 nitrogen and oxygen atoms in total. The van der Waals surface area contributed by atoms with Crippen molar-refractivity contribution in [3.05, 3.63) is 28.3 Å². The van der Waals surface area contributed by atoms with E-state index in [4.69, 9.17) is 11.6 Å². The van der Waals surface area contributed by atoms with E-state index in [0.717, 1.165) is 11.1 Å². The van der Waals surface area contributed by atoms with Crippen LogP contribution in [0.25, 0.3) is 0 Å². The molecule has 0 amide bonds. The molecule has 0 saturated carbocycles. The lowest BCUT2D eigenvalue weighted by atomic mass is 9.86. The van der Waals surface area contributed by atoms with Crippen molar-refractivity contribution in [3.63, 3.8) is 0 Å². The van der Waals surface area contributed by atoms with E-state index < -0.39 is 0 Å². The second-order valence-electron chi connectivity index (χ2n) is 4.37. The van der Waals surface area contributed by atoms with Gasteiger partial charge in [0.25, 0.3) is 0 Å². The van der Waals surface area contributed by atoms with Crippen molar-refractivity contribution in [2.75, 3.05) is 0 Å². The molecule has 0 aliphatic carbocycles. The molecule has 0 radical (unpaired) electrons. The van der Waals surface area contributed by atoms with Crippen molar-refractivity contribution in [1.82, 2.24) is 0 Å². The van der Waals surface area contributed by atoms with Gasteiger partial charge in [0.1, 0.15) is 5.75 Å². The normalized spacial score (nSPS) is 11.8. The Balaban J connectivity index is 3.29. The monoisotopic (exact) mass is 198 g/mol. The van der Waals surface area contributed by atoms with Gasteiger partial charge in [-0.15, -0.1) is 0 Å². The summed E-state index contributed by atoms with van der Waals surface area (Å²) < 4.78 is 0. The molecule has 1 rings (SSSR count). The Morgan fingerprint density at radius 1 is 1.23 bits per heavy atom. The maximum Gasteiger partial charge on any atom is 0.137 e. The number of phenolic OH excluding ortho intramolecular Hbond substituents is 1. The Kier molecular flexibility index (Phi) is 2.58. The standard InChI is InChI=1S/C11H15ClO/c1-7-5-8(11(2,3)4)6-9(12)10(7)13/h5-6,13H,1-4H3. The van der Waals surface area contributed by atoms with Crippen LogP contribution in [0, 0.1) is 6.92 Å². The molecule has 0 heterocycles. The van der Waals surface area contributed by atoms with Crippen LogP contribution in [0.15, 0.2) is 12.1 Å². The Labute approximate surface area is 84.4 Å². The average molecular weight is 199 g/mol. The summed E-state index contributed by atoms with van der Waals surface area (Å²) in [7, 11) is 0. The minimum atomic E-state index is 0.0715. The van der Waals surface area contributed by atoms with Gasteiger partial charge < -0.3 is 5.11 Å². The molecule has 2 heteroatoms. The van der Waals surface area contributed by atoms with E-state index in [1.807, 2.05) is 19.1 Å². The smallest absolute Gasteiger partial charge is 0.137 e. The lowest BCUT2D eigenvalue weighted by molar-refractivity contribution is 0.470. The van der Waals surface area contributed by atoms with Gasteiger partial charge in [0.05, 0.1) is 5.02 Å². The summed E-state index contributed by atoms with van der Waals surface area (Å²) in [4.78, 5) is 0. The molecule has 0 unspecified atom stereocenters. The van der Waals surface area contributed by atoms with Crippen LogP contribution in [0.2, 0.25) is 5.02 Å². The van der Waals surface area contributed by atoms with Crippen LogP contribution in [0.1, 0.15) is 31.9 Å². The fraction of sp³-hybridized carbons (Fsp3) is 0.455. The highest BCUT2D eigenvalue weighted by molar-refractivity contribution is 6.32. The molecule has 72 valence electrons. The summed E-state index contributed by atoms with van der Waals surface area (Å²) in [6, 6.07) is 3.80. The first kappa shape index (κ1) is 10.4. The van der Waals surface area contributed by atoms with E-state index in [0.29, 0.717) is 5.02 Å². The van der Waals surface area contributed by atoms with Gasteiger partial charge in [-0.2, -0.15) is 0 Å². The van der Waals surface area contributed by atoms with Crippen LogP contribution in [0.3, 0.4) is 0 Å². The quantitative estimate of drug-likeness (QED) is 0.675. The fourth-order valence-corrected chi connectivity index (χ4v) is 1.44. The Morgan fingerprint density at radius 3 is 2.15 bits per heavy atom. The highest BCUT2D eigenvalue weighted by Gasteiger charge is 2.16. The number of halogens is 1. The topological polar surface area (TPSA) is 20.2 Å². The molecule has 0 aliphatic rings. The number of phenols is 1. The largest absolute Gasteiger partial charge is 0.506 e. The van der Waals surface area contributed by atoms with Gasteiger partial charge in [-0.3, -0.25) is 0 Å². The maximum absolute atomic E-state index is 9.46. The van der Waals surface area contributed by atoms with Crippen molar-refractivity contribution in [1.29, 1.82) is 0 Å². The van der Waals surface area contributed by atoms with Crippen molar-refractivity contribution in [2.24, 2.45) is 0 Å². The average Bonchev–Trinajstić information content (AvgIpc) is 1.97. The zero-order chi connectivity index (χ0) is 10.2. The molecular weight excluding hydrogens is 184 g/mol. The van der Waals surface area contributed by atoms with E-state index in [2.05, 4.69) is 20.8 Å². The predicted octanol–water partition coefficient (Wildman–Crippen LogP) is 3.65. The van der Waals surface area contributed by atoms with Gasteiger partial charge in [0, 0.05) is 0 Å². The van der Waals surface area contributed by atoms with Gasteiger partial charge in [0.2, 0.25) is 0 Å². The second-order valence-corrected chi connectivity index (χ2v) is 4.78. The third kappa shape index (κ3) is 2.16. The van der Waals surface area contributed by atoms with Gasteiger partial charge >= 0.3 is 0 Å². The number of aryl methyl sites for hydroxylation is 1. The second kappa shape index (κ2) is 3.22. The van der Waals surface area contributed by atoms with Gasteiger partial charge in [0.15, 0.2) is 0 Å². The fourth-order valence-electron chi connectivity index (χ4n) is 1.17. The molecule has 0 aliphatic heterocycles. The minimum Gasteiger partial charge on any atom is -0.506 e. The first-order chi connectivity index (χ1) is 5.82. The van der Waals surface area contributed by atoms with Crippen LogP contribution < -0.4 is 0 Å². The highest BCUT2D eigenvalue weighted by atomic mass is 35.5. The summed E-state index contributed by atoms with van der Waals surface area (Å²) in [5.74, 6) is 0.190. The third-order valence-electron chi connectivity index (χ3n) is 2.12. The van der Waals surface area contributed by atoms with Gasteiger partial charge in [-0.1, -0.05) is 38.4 Å². The van der Waals surface area contributed by atoms with Crippen LogP contribution in [0.4, 0.5) is 0 Å². The highest BCUT2D eigenvalue weighted by Crippen LogP contribution is 2.33. The molecule has 0 spiro atoms. The van der Waals surface area contributed by atoms with Crippen molar-refractivity contribution < 1.29 is 5.11 Å². The van der Waals surface area contributed by atoms with E-state index in [1.54, 1.807) is 0 Å². The van der Waals surface area contributed by atoms with Crippen LogP contribution in [-0.4, -0.2) is 5.11 Å². The molecule has 1 N–H and O–H groups in total. The molecule has 1 aromatic rings. The molecular formula is C11H15ClO. The summed E-state index contributed by atoms with van der Waals surface area (Å²) >= 11 is 5.88. The molecule has 0 saturated heterocycles. The first-order valence-electron chi connectivity index (χ1n) is 4.32. The molecule has 13 heavy (non-hydrogen) atoms. The predicted molar refractivity (Wildman–Crippen MR) is 56.6 cm³/mol. The van der Waals surface area contributed by atoms with Gasteiger partial charge in [-0.25, -0.2) is 0 Å². The molecule has 0 aromatic heterocycles. The first-order valence-corrected chi connectivity index (χ1v) is 4.70.